The van der Waals surface area contributed by atoms with Crippen LogP contribution in [0.2, 0.25) is 0 Å². The summed E-state index contributed by atoms with van der Waals surface area (Å²) in [6.07, 6.45) is 73.5. The zero-order valence-electron chi connectivity index (χ0n) is 59.4. The van der Waals surface area contributed by atoms with Gasteiger partial charge in [0.1, 0.15) is 48.8 Å². The third-order valence-electron chi connectivity index (χ3n) is 18.2. The minimum absolute atomic E-state index is 0.250. The second-order valence-corrected chi connectivity index (χ2v) is 26.7. The summed E-state index contributed by atoms with van der Waals surface area (Å²) in [6, 6.07) is -0.942. The smallest absolute Gasteiger partial charge is 0.220 e. The topological polar surface area (TPSA) is 228 Å². The standard InChI is InChI=1S/C80H141NO13/c1-3-5-7-9-11-13-15-17-19-21-23-25-26-27-28-29-30-31-32-33-34-35-36-37-38-39-40-41-42-44-46-48-50-52-54-56-58-60-62-64-72(85)81-68(69(84)63-61-59-57-55-53-51-49-47-45-43-24-22-20-18-16-14-12-10-8-6-4-2)67-91-79-77(90)75(88)78(71(66-83)93-79)94-80-76(89)74(87)73(86)70(65-82)92-80/h5,7,11,13,17,19,23,25,27-28,45,47,53,55,61,63,68-71,73-80,82-84,86-90H,3-4,6,8-10,12,14-16,18,20-22,24,26,29-44,46,48-52,54,56-60,62,64-67H2,1-2H3,(H,81,85)/b7-5-,13-11-,19-17-,25-23-,28-27-,47-45+,55-53+,63-61+. The number of carbonyl (C=O) groups is 1. The predicted molar refractivity (Wildman–Crippen MR) is 387 cm³/mol. The lowest BCUT2D eigenvalue weighted by Crippen LogP contribution is -2.65. The van der Waals surface area contributed by atoms with Crippen molar-refractivity contribution in [2.75, 3.05) is 19.8 Å². The van der Waals surface area contributed by atoms with Crippen LogP contribution in [0, 0.1) is 0 Å². The lowest BCUT2D eigenvalue weighted by atomic mass is 9.97. The number of amides is 1. The van der Waals surface area contributed by atoms with E-state index in [0.717, 1.165) is 77.0 Å². The molecular weight excluding hydrogens is 1180 g/mol. The summed E-state index contributed by atoms with van der Waals surface area (Å²) in [6.45, 7) is 2.69. The molecule has 2 saturated heterocycles. The van der Waals surface area contributed by atoms with E-state index >= 15 is 0 Å². The number of carbonyl (C=O) groups excluding carboxylic acids is 1. The molecule has 0 aromatic rings. The largest absolute Gasteiger partial charge is 0.394 e. The number of nitrogens with one attached hydrogen (secondary N) is 1. The van der Waals surface area contributed by atoms with Crippen LogP contribution in [-0.4, -0.2) is 140 Å². The molecule has 2 aliphatic heterocycles. The Balaban J connectivity index is 1.60. The van der Waals surface area contributed by atoms with Gasteiger partial charge in [-0.1, -0.05) is 310 Å². The lowest BCUT2D eigenvalue weighted by molar-refractivity contribution is -0.359. The molecule has 0 aromatic heterocycles. The maximum absolute atomic E-state index is 13.4. The molecule has 2 heterocycles. The molecular formula is C80H141NO13. The molecule has 544 valence electrons. The molecule has 9 N–H and O–H groups in total. The second kappa shape index (κ2) is 63.4. The van der Waals surface area contributed by atoms with Crippen molar-refractivity contribution < 1.29 is 64.6 Å². The van der Waals surface area contributed by atoms with Crippen LogP contribution in [0.5, 0.6) is 0 Å². The first-order valence-electron chi connectivity index (χ1n) is 38.5. The monoisotopic (exact) mass is 1320 g/mol. The van der Waals surface area contributed by atoms with E-state index in [9.17, 15) is 45.6 Å². The van der Waals surface area contributed by atoms with Crippen LogP contribution in [0.3, 0.4) is 0 Å². The normalized spacial score (nSPS) is 23.0. The summed E-state index contributed by atoms with van der Waals surface area (Å²) >= 11 is 0. The van der Waals surface area contributed by atoms with Gasteiger partial charge in [0.25, 0.3) is 0 Å². The number of aliphatic hydroxyl groups is 8. The van der Waals surface area contributed by atoms with Crippen molar-refractivity contribution in [2.45, 2.75) is 383 Å². The zero-order chi connectivity index (χ0) is 68.0. The highest BCUT2D eigenvalue weighted by molar-refractivity contribution is 5.76. The van der Waals surface area contributed by atoms with E-state index < -0.39 is 86.8 Å². The van der Waals surface area contributed by atoms with Gasteiger partial charge in [0.2, 0.25) is 5.91 Å². The van der Waals surface area contributed by atoms with E-state index in [1.165, 1.54) is 199 Å². The predicted octanol–water partition coefficient (Wildman–Crippen LogP) is 16.9. The van der Waals surface area contributed by atoms with Gasteiger partial charge in [-0.15, -0.1) is 0 Å². The molecule has 94 heavy (non-hydrogen) atoms. The Hall–Kier alpha value is -3.09. The van der Waals surface area contributed by atoms with Crippen LogP contribution in [0.25, 0.3) is 0 Å². The first kappa shape index (κ1) is 87.0. The highest BCUT2D eigenvalue weighted by atomic mass is 16.7. The van der Waals surface area contributed by atoms with E-state index in [2.05, 4.69) is 104 Å². The van der Waals surface area contributed by atoms with E-state index in [0.29, 0.717) is 12.8 Å². The number of allylic oxidation sites excluding steroid dienone is 15. The van der Waals surface area contributed by atoms with Gasteiger partial charge in [0.15, 0.2) is 12.6 Å². The van der Waals surface area contributed by atoms with Crippen LogP contribution >= 0.6 is 0 Å². The highest BCUT2D eigenvalue weighted by Gasteiger charge is 2.51. The highest BCUT2D eigenvalue weighted by Crippen LogP contribution is 2.30. The van der Waals surface area contributed by atoms with E-state index in [4.69, 9.17) is 18.9 Å². The molecule has 0 aromatic carbocycles. The molecule has 0 saturated carbocycles. The van der Waals surface area contributed by atoms with Crippen molar-refractivity contribution in [3.05, 3.63) is 97.2 Å². The summed E-state index contributed by atoms with van der Waals surface area (Å²) < 4.78 is 22.9. The van der Waals surface area contributed by atoms with E-state index in [1.807, 2.05) is 6.08 Å². The molecule has 12 atom stereocenters. The Morgan fingerprint density at radius 1 is 0.394 bits per heavy atom. The Morgan fingerprint density at radius 2 is 0.745 bits per heavy atom. The van der Waals surface area contributed by atoms with Crippen LogP contribution in [0.4, 0.5) is 0 Å². The third-order valence-corrected chi connectivity index (χ3v) is 18.2. The number of hydrogen-bond donors (Lipinski definition) is 9. The van der Waals surface area contributed by atoms with Gasteiger partial charge < -0.3 is 65.1 Å². The van der Waals surface area contributed by atoms with Gasteiger partial charge >= 0.3 is 0 Å². The van der Waals surface area contributed by atoms with Gasteiger partial charge in [-0.25, -0.2) is 0 Å². The molecule has 2 fully saturated rings. The average molecular weight is 1330 g/mol. The fourth-order valence-electron chi connectivity index (χ4n) is 12.2. The molecule has 0 bridgehead atoms. The maximum atomic E-state index is 13.4. The molecule has 2 rings (SSSR count). The average Bonchev–Trinajstić information content (AvgIpc) is 0.794. The maximum Gasteiger partial charge on any atom is 0.220 e. The van der Waals surface area contributed by atoms with Gasteiger partial charge in [0.05, 0.1) is 32.0 Å². The summed E-state index contributed by atoms with van der Waals surface area (Å²) in [5.41, 5.74) is 0. The fraction of sp³-hybridized carbons (Fsp3) is 0.787. The molecule has 0 aliphatic carbocycles. The lowest BCUT2D eigenvalue weighted by Gasteiger charge is -2.46. The molecule has 1 amide bonds. The first-order valence-corrected chi connectivity index (χ1v) is 38.5. The van der Waals surface area contributed by atoms with Crippen LogP contribution in [-0.2, 0) is 23.7 Å². The quantitative estimate of drug-likeness (QED) is 0.0204. The molecule has 0 spiro atoms. The summed E-state index contributed by atoms with van der Waals surface area (Å²) in [7, 11) is 0. The van der Waals surface area contributed by atoms with E-state index in [-0.39, 0.29) is 18.9 Å². The fourth-order valence-corrected chi connectivity index (χ4v) is 12.2. The van der Waals surface area contributed by atoms with Gasteiger partial charge in [-0.3, -0.25) is 4.79 Å². The number of unbranched alkanes of at least 4 members (excludes halogenated alkanes) is 36. The SMILES string of the molecule is CC/C=C\C/C=C\C/C=C\C/C=C\C/C=C\CCCCCCCCCCCCCCCCCCCCCCCCCC(=O)NC(COC1OC(CO)C(OC2OC(CO)C(O)C(O)C2O)C(O)C1O)C(O)/C=C/CC/C=C/CC/C=C/CCCCCCCCCCCCC. The second-order valence-electron chi connectivity index (χ2n) is 26.7. The van der Waals surface area contributed by atoms with Crippen molar-refractivity contribution in [1.82, 2.24) is 5.32 Å². The van der Waals surface area contributed by atoms with Crippen molar-refractivity contribution in [3.8, 4) is 0 Å². The van der Waals surface area contributed by atoms with Crippen LogP contribution in [0.15, 0.2) is 97.2 Å². The minimum Gasteiger partial charge on any atom is -0.394 e. The summed E-state index contributed by atoms with van der Waals surface area (Å²) in [5.74, 6) is -0.250. The van der Waals surface area contributed by atoms with Crippen LogP contribution < -0.4 is 5.32 Å². The van der Waals surface area contributed by atoms with Gasteiger partial charge in [-0.2, -0.15) is 0 Å². The Labute approximate surface area is 573 Å². The number of rotatable bonds is 63. The number of aliphatic hydroxyl groups excluding tert-OH is 8. The number of hydrogen-bond acceptors (Lipinski definition) is 13. The van der Waals surface area contributed by atoms with Crippen molar-refractivity contribution >= 4 is 5.91 Å². The summed E-state index contributed by atoms with van der Waals surface area (Å²) in [5, 5.41) is 87.5. The zero-order valence-corrected chi connectivity index (χ0v) is 59.4. The number of ether oxygens (including phenoxy) is 4. The Kier molecular flexibility index (Phi) is 58.6. The molecule has 14 heteroatoms. The molecule has 0 radical (unpaired) electrons. The van der Waals surface area contributed by atoms with Crippen molar-refractivity contribution in [1.29, 1.82) is 0 Å². The molecule has 12 unspecified atom stereocenters. The van der Waals surface area contributed by atoms with E-state index in [1.54, 1.807) is 6.08 Å². The minimum atomic E-state index is -1.80. The Morgan fingerprint density at radius 3 is 1.17 bits per heavy atom. The van der Waals surface area contributed by atoms with Crippen molar-refractivity contribution in [3.63, 3.8) is 0 Å². The van der Waals surface area contributed by atoms with Gasteiger partial charge in [-0.05, 0) is 89.9 Å². The third kappa shape index (κ3) is 46.2. The molecule has 14 nitrogen and oxygen atoms in total. The molecule has 2 aliphatic rings. The van der Waals surface area contributed by atoms with Crippen molar-refractivity contribution in [2.24, 2.45) is 0 Å². The van der Waals surface area contributed by atoms with Crippen LogP contribution in [0.1, 0.15) is 309 Å². The first-order chi connectivity index (χ1) is 46.1. The Bertz CT molecular complexity index is 1950. The van der Waals surface area contributed by atoms with Gasteiger partial charge in [0, 0.05) is 6.42 Å². The summed E-state index contributed by atoms with van der Waals surface area (Å²) in [4.78, 5) is 13.4.